The summed E-state index contributed by atoms with van der Waals surface area (Å²) in [4.78, 5) is 13.4. The predicted octanol–water partition coefficient (Wildman–Crippen LogP) is -0.170. The quantitative estimate of drug-likeness (QED) is 0.666. The fourth-order valence-corrected chi connectivity index (χ4v) is 1.56. The first kappa shape index (κ1) is 10.5. The van der Waals surface area contributed by atoms with Gasteiger partial charge >= 0.3 is 0 Å². The molecule has 1 rings (SSSR count). The third-order valence-electron chi connectivity index (χ3n) is 2.41. The van der Waals surface area contributed by atoms with Gasteiger partial charge in [0.25, 0.3) is 0 Å². The van der Waals surface area contributed by atoms with Gasteiger partial charge < -0.3 is 15.4 Å². The second-order valence-corrected chi connectivity index (χ2v) is 3.44. The van der Waals surface area contributed by atoms with Gasteiger partial charge in [0.2, 0.25) is 5.91 Å². The summed E-state index contributed by atoms with van der Waals surface area (Å²) in [7, 11) is 1.81. The van der Waals surface area contributed by atoms with Gasteiger partial charge in [0.05, 0.1) is 0 Å². The first-order valence-corrected chi connectivity index (χ1v) is 4.78. The molecule has 0 unspecified atom stereocenters. The average molecular weight is 186 g/mol. The summed E-state index contributed by atoms with van der Waals surface area (Å²) < 4.78 is 5.19. The zero-order chi connectivity index (χ0) is 9.68. The van der Waals surface area contributed by atoms with Gasteiger partial charge in [-0.15, -0.1) is 0 Å². The molecule has 1 aliphatic heterocycles. The zero-order valence-electron chi connectivity index (χ0n) is 8.16. The summed E-state index contributed by atoms with van der Waals surface area (Å²) in [5.74, 6) is 0.374. The standard InChI is InChI=1S/C9H18N2O2/c1-11(5-4-10)9(12)8-2-6-13-7-3-8/h8H,2-7,10H2,1H3. The van der Waals surface area contributed by atoms with Crippen molar-refractivity contribution in [1.82, 2.24) is 4.90 Å². The van der Waals surface area contributed by atoms with Gasteiger partial charge in [-0.3, -0.25) is 4.79 Å². The van der Waals surface area contributed by atoms with Crippen molar-refractivity contribution in [2.75, 3.05) is 33.4 Å². The lowest BCUT2D eigenvalue weighted by molar-refractivity contribution is -0.137. The summed E-state index contributed by atoms with van der Waals surface area (Å²) in [6, 6.07) is 0. The van der Waals surface area contributed by atoms with Crippen LogP contribution in [0.4, 0.5) is 0 Å². The number of amides is 1. The number of hydrogen-bond donors (Lipinski definition) is 1. The highest BCUT2D eigenvalue weighted by molar-refractivity contribution is 5.78. The lowest BCUT2D eigenvalue weighted by Gasteiger charge is -2.26. The van der Waals surface area contributed by atoms with Gasteiger partial charge in [-0.05, 0) is 12.8 Å². The van der Waals surface area contributed by atoms with Gasteiger partial charge in [-0.1, -0.05) is 0 Å². The molecule has 4 heteroatoms. The Morgan fingerprint density at radius 2 is 2.15 bits per heavy atom. The maximum absolute atomic E-state index is 11.7. The SMILES string of the molecule is CN(CCN)C(=O)C1CCOCC1. The van der Waals surface area contributed by atoms with E-state index in [2.05, 4.69) is 0 Å². The molecular formula is C9H18N2O2. The molecule has 0 aromatic carbocycles. The predicted molar refractivity (Wildman–Crippen MR) is 50.2 cm³/mol. The molecule has 0 atom stereocenters. The van der Waals surface area contributed by atoms with E-state index in [1.807, 2.05) is 7.05 Å². The van der Waals surface area contributed by atoms with E-state index in [4.69, 9.17) is 10.5 Å². The van der Waals surface area contributed by atoms with E-state index in [9.17, 15) is 4.79 Å². The molecule has 1 heterocycles. The first-order valence-electron chi connectivity index (χ1n) is 4.78. The van der Waals surface area contributed by atoms with Crippen LogP contribution >= 0.6 is 0 Å². The number of likely N-dealkylation sites (N-methyl/N-ethyl adjacent to an activating group) is 1. The molecule has 0 bridgehead atoms. The van der Waals surface area contributed by atoms with Crippen molar-refractivity contribution in [2.24, 2.45) is 11.7 Å². The fraction of sp³-hybridized carbons (Fsp3) is 0.889. The van der Waals surface area contributed by atoms with Crippen molar-refractivity contribution in [3.8, 4) is 0 Å². The van der Waals surface area contributed by atoms with Crippen molar-refractivity contribution in [3.63, 3.8) is 0 Å². The number of hydrogen-bond acceptors (Lipinski definition) is 3. The van der Waals surface area contributed by atoms with Crippen LogP contribution in [0.25, 0.3) is 0 Å². The Morgan fingerprint density at radius 3 is 2.69 bits per heavy atom. The van der Waals surface area contributed by atoms with Gasteiger partial charge in [-0.25, -0.2) is 0 Å². The Hall–Kier alpha value is -0.610. The van der Waals surface area contributed by atoms with Gasteiger partial charge in [0.1, 0.15) is 0 Å². The number of carbonyl (C=O) groups is 1. The molecule has 4 nitrogen and oxygen atoms in total. The van der Waals surface area contributed by atoms with E-state index < -0.39 is 0 Å². The minimum absolute atomic E-state index is 0.158. The molecule has 0 aromatic heterocycles. The molecule has 0 aliphatic carbocycles. The molecule has 0 aromatic rings. The summed E-state index contributed by atoms with van der Waals surface area (Å²) in [6.07, 6.45) is 1.71. The van der Waals surface area contributed by atoms with Crippen molar-refractivity contribution in [2.45, 2.75) is 12.8 Å². The zero-order valence-corrected chi connectivity index (χ0v) is 8.16. The molecule has 1 saturated heterocycles. The van der Waals surface area contributed by atoms with Crippen LogP contribution in [-0.2, 0) is 9.53 Å². The molecule has 1 amide bonds. The van der Waals surface area contributed by atoms with Crippen LogP contribution in [0.15, 0.2) is 0 Å². The van der Waals surface area contributed by atoms with E-state index in [-0.39, 0.29) is 11.8 Å². The average Bonchev–Trinajstić information content (AvgIpc) is 2.18. The molecule has 2 N–H and O–H groups in total. The van der Waals surface area contributed by atoms with Crippen LogP contribution in [0, 0.1) is 5.92 Å². The highest BCUT2D eigenvalue weighted by atomic mass is 16.5. The third kappa shape index (κ3) is 2.97. The van der Waals surface area contributed by atoms with Crippen LogP contribution in [0.5, 0.6) is 0 Å². The molecule has 1 aliphatic rings. The summed E-state index contributed by atoms with van der Waals surface area (Å²) >= 11 is 0. The Morgan fingerprint density at radius 1 is 1.54 bits per heavy atom. The number of nitrogens with two attached hydrogens (primary N) is 1. The van der Waals surface area contributed by atoms with Crippen molar-refractivity contribution < 1.29 is 9.53 Å². The van der Waals surface area contributed by atoms with Crippen LogP contribution in [0.3, 0.4) is 0 Å². The molecule has 0 radical (unpaired) electrons. The van der Waals surface area contributed by atoms with Crippen molar-refractivity contribution in [1.29, 1.82) is 0 Å². The van der Waals surface area contributed by atoms with E-state index in [1.165, 1.54) is 0 Å². The minimum atomic E-state index is 0.158. The molecule has 76 valence electrons. The van der Waals surface area contributed by atoms with Crippen molar-refractivity contribution >= 4 is 5.91 Å². The molecule has 0 saturated carbocycles. The summed E-state index contributed by atoms with van der Waals surface area (Å²) in [5.41, 5.74) is 5.38. The van der Waals surface area contributed by atoms with Crippen LogP contribution < -0.4 is 5.73 Å². The number of nitrogens with zero attached hydrogens (tertiary/aromatic N) is 1. The Balaban J connectivity index is 2.36. The number of carbonyl (C=O) groups excluding carboxylic acids is 1. The Labute approximate surface area is 79.0 Å². The van der Waals surface area contributed by atoms with Gasteiger partial charge in [0.15, 0.2) is 0 Å². The second kappa shape index (κ2) is 5.19. The molecular weight excluding hydrogens is 168 g/mol. The van der Waals surface area contributed by atoms with E-state index in [0.717, 1.165) is 12.8 Å². The summed E-state index contributed by atoms with van der Waals surface area (Å²) in [5, 5.41) is 0. The van der Waals surface area contributed by atoms with E-state index in [1.54, 1.807) is 4.90 Å². The highest BCUT2D eigenvalue weighted by Gasteiger charge is 2.23. The number of rotatable bonds is 3. The highest BCUT2D eigenvalue weighted by Crippen LogP contribution is 2.16. The van der Waals surface area contributed by atoms with Gasteiger partial charge in [0, 0.05) is 39.3 Å². The van der Waals surface area contributed by atoms with Crippen LogP contribution in [-0.4, -0.2) is 44.2 Å². The lowest BCUT2D eigenvalue weighted by atomic mass is 9.99. The second-order valence-electron chi connectivity index (χ2n) is 3.44. The molecule has 13 heavy (non-hydrogen) atoms. The van der Waals surface area contributed by atoms with Gasteiger partial charge in [-0.2, -0.15) is 0 Å². The van der Waals surface area contributed by atoms with Crippen molar-refractivity contribution in [3.05, 3.63) is 0 Å². The normalized spacial score (nSPS) is 18.6. The summed E-state index contributed by atoms with van der Waals surface area (Å²) in [6.45, 7) is 2.61. The first-order chi connectivity index (χ1) is 6.25. The topological polar surface area (TPSA) is 55.6 Å². The smallest absolute Gasteiger partial charge is 0.225 e. The van der Waals surface area contributed by atoms with Crippen LogP contribution in [0.1, 0.15) is 12.8 Å². The fourth-order valence-electron chi connectivity index (χ4n) is 1.56. The Bertz CT molecular complexity index is 167. The molecule has 1 fully saturated rings. The maximum Gasteiger partial charge on any atom is 0.225 e. The Kier molecular flexibility index (Phi) is 4.18. The minimum Gasteiger partial charge on any atom is -0.381 e. The maximum atomic E-state index is 11.7. The number of ether oxygens (including phenoxy) is 1. The largest absolute Gasteiger partial charge is 0.381 e. The third-order valence-corrected chi connectivity index (χ3v) is 2.41. The lowest BCUT2D eigenvalue weighted by Crippen LogP contribution is -2.38. The van der Waals surface area contributed by atoms with Crippen LogP contribution in [0.2, 0.25) is 0 Å². The van der Waals surface area contributed by atoms with E-state index in [0.29, 0.717) is 26.3 Å². The monoisotopic (exact) mass is 186 g/mol. The van der Waals surface area contributed by atoms with E-state index >= 15 is 0 Å². The molecule has 0 spiro atoms.